The second kappa shape index (κ2) is 10.3. The van der Waals surface area contributed by atoms with Crippen LogP contribution in [0.5, 0.6) is 5.75 Å². The molecule has 0 unspecified atom stereocenters. The number of nitrogens with one attached hydrogen (secondary N) is 1. The second-order valence-corrected chi connectivity index (χ2v) is 8.60. The van der Waals surface area contributed by atoms with E-state index in [4.69, 9.17) is 27.9 Å². The Morgan fingerprint density at radius 3 is 2.45 bits per heavy atom. The molecule has 33 heavy (non-hydrogen) atoms. The number of hydrogen-bond donors (Lipinski definition) is 1. The zero-order valence-electron chi connectivity index (χ0n) is 18.6. The van der Waals surface area contributed by atoms with Gasteiger partial charge < -0.3 is 19.9 Å². The number of anilines is 1. The Labute approximate surface area is 203 Å². The van der Waals surface area contributed by atoms with Gasteiger partial charge in [-0.15, -0.1) is 0 Å². The number of urea groups is 1. The van der Waals surface area contributed by atoms with Crippen LogP contribution >= 0.6 is 23.2 Å². The molecule has 8 nitrogen and oxygen atoms in total. The predicted molar refractivity (Wildman–Crippen MR) is 130 cm³/mol. The van der Waals surface area contributed by atoms with Gasteiger partial charge in [-0.1, -0.05) is 23.2 Å². The van der Waals surface area contributed by atoms with E-state index in [1.807, 2.05) is 36.9 Å². The third-order valence-electron chi connectivity index (χ3n) is 5.39. The Kier molecular flexibility index (Phi) is 7.25. The van der Waals surface area contributed by atoms with Crippen molar-refractivity contribution >= 4 is 34.9 Å². The van der Waals surface area contributed by atoms with Crippen LogP contribution in [0.2, 0.25) is 10.0 Å². The minimum absolute atomic E-state index is 0.0994. The molecule has 0 bridgehead atoms. The third kappa shape index (κ3) is 5.69. The summed E-state index contributed by atoms with van der Waals surface area (Å²) in [5.41, 5.74) is 2.76. The Morgan fingerprint density at radius 2 is 1.82 bits per heavy atom. The molecule has 0 atom stereocenters. The first-order chi connectivity index (χ1) is 15.9. The third-order valence-corrected chi connectivity index (χ3v) is 5.83. The van der Waals surface area contributed by atoms with Gasteiger partial charge in [0.15, 0.2) is 0 Å². The topological polar surface area (TPSA) is 75.5 Å². The van der Waals surface area contributed by atoms with E-state index in [0.29, 0.717) is 42.1 Å². The lowest BCUT2D eigenvalue weighted by atomic mass is 10.2. The lowest BCUT2D eigenvalue weighted by Crippen LogP contribution is -2.51. The minimum Gasteiger partial charge on any atom is -0.492 e. The maximum Gasteiger partial charge on any atom is 0.317 e. The summed E-state index contributed by atoms with van der Waals surface area (Å²) < 4.78 is 7.60. The molecule has 4 rings (SSSR count). The molecule has 2 amide bonds. The van der Waals surface area contributed by atoms with Gasteiger partial charge in [-0.2, -0.15) is 5.10 Å². The number of halogens is 2. The second-order valence-electron chi connectivity index (χ2n) is 7.73. The molecular formula is C23H26Cl2N6O2. The van der Waals surface area contributed by atoms with E-state index in [9.17, 15) is 4.79 Å². The van der Waals surface area contributed by atoms with Gasteiger partial charge in [-0.25, -0.2) is 14.5 Å². The molecule has 2 aromatic carbocycles. The first-order valence-corrected chi connectivity index (χ1v) is 11.6. The summed E-state index contributed by atoms with van der Waals surface area (Å²) in [6, 6.07) is 11.2. The Bertz CT molecular complexity index is 1110. The van der Waals surface area contributed by atoms with Crippen molar-refractivity contribution in [2.75, 3.05) is 37.7 Å². The molecule has 0 radical (unpaired) electrons. The van der Waals surface area contributed by atoms with Gasteiger partial charge in [0.25, 0.3) is 0 Å². The van der Waals surface area contributed by atoms with Crippen molar-refractivity contribution in [1.82, 2.24) is 25.0 Å². The van der Waals surface area contributed by atoms with Gasteiger partial charge in [-0.3, -0.25) is 0 Å². The molecule has 0 spiro atoms. The Hall–Kier alpha value is -2.97. The van der Waals surface area contributed by atoms with E-state index < -0.39 is 0 Å². The standard InChI is InChI=1S/C23H26Cl2N6O2/c1-3-33-22-13-20(4-5-21(22)31-15-27-16(2)28-31)29-6-8-30(9-7-29)23(32)26-14-17-10-18(24)12-19(25)11-17/h4-5,10-13,15H,3,6-9,14H2,1-2H3,(H,26,32). The van der Waals surface area contributed by atoms with Crippen molar-refractivity contribution in [3.05, 3.63) is 64.2 Å². The fraction of sp³-hybridized carbons (Fsp3) is 0.348. The highest BCUT2D eigenvalue weighted by atomic mass is 35.5. The fourth-order valence-electron chi connectivity index (χ4n) is 3.79. The molecule has 1 aromatic heterocycles. The number of aryl methyl sites for hydroxylation is 1. The van der Waals surface area contributed by atoms with Crippen LogP contribution in [0, 0.1) is 6.92 Å². The van der Waals surface area contributed by atoms with Crippen LogP contribution in [-0.4, -0.2) is 58.5 Å². The van der Waals surface area contributed by atoms with E-state index in [1.165, 1.54) is 0 Å². The van der Waals surface area contributed by atoms with Crippen molar-refractivity contribution < 1.29 is 9.53 Å². The van der Waals surface area contributed by atoms with E-state index in [0.717, 1.165) is 35.8 Å². The molecule has 1 aliphatic rings. The van der Waals surface area contributed by atoms with Crippen molar-refractivity contribution in [2.24, 2.45) is 0 Å². The number of carbonyl (C=O) groups excluding carboxylic acids is 1. The number of piperazine rings is 1. The quantitative estimate of drug-likeness (QED) is 0.559. The van der Waals surface area contributed by atoms with Gasteiger partial charge in [0, 0.05) is 54.5 Å². The van der Waals surface area contributed by atoms with Gasteiger partial charge in [0.2, 0.25) is 0 Å². The van der Waals surface area contributed by atoms with Crippen LogP contribution in [0.25, 0.3) is 5.69 Å². The molecule has 1 N–H and O–H groups in total. The van der Waals surface area contributed by atoms with E-state index >= 15 is 0 Å². The van der Waals surface area contributed by atoms with Gasteiger partial charge in [0.1, 0.15) is 23.6 Å². The molecule has 3 aromatic rings. The first kappa shape index (κ1) is 23.2. The Morgan fingerprint density at radius 1 is 1.09 bits per heavy atom. The van der Waals surface area contributed by atoms with Gasteiger partial charge in [-0.05, 0) is 49.7 Å². The normalized spacial score (nSPS) is 13.8. The lowest BCUT2D eigenvalue weighted by molar-refractivity contribution is 0.194. The summed E-state index contributed by atoms with van der Waals surface area (Å²) in [6.07, 6.45) is 1.68. The van der Waals surface area contributed by atoms with Crippen LogP contribution in [0.15, 0.2) is 42.7 Å². The smallest absolute Gasteiger partial charge is 0.317 e. The number of aromatic nitrogens is 3. The molecule has 174 valence electrons. The minimum atomic E-state index is -0.0994. The monoisotopic (exact) mass is 488 g/mol. The molecule has 10 heteroatoms. The molecule has 1 saturated heterocycles. The number of benzene rings is 2. The zero-order chi connectivity index (χ0) is 23.4. The molecule has 1 fully saturated rings. The van der Waals surface area contributed by atoms with Gasteiger partial charge >= 0.3 is 6.03 Å². The van der Waals surface area contributed by atoms with Crippen molar-refractivity contribution in [3.63, 3.8) is 0 Å². The number of carbonyl (C=O) groups is 1. The van der Waals surface area contributed by atoms with Crippen LogP contribution in [0.3, 0.4) is 0 Å². The largest absolute Gasteiger partial charge is 0.492 e. The van der Waals surface area contributed by atoms with Crippen molar-refractivity contribution in [1.29, 1.82) is 0 Å². The highest BCUT2D eigenvalue weighted by molar-refractivity contribution is 6.34. The van der Waals surface area contributed by atoms with Crippen LogP contribution < -0.4 is 15.0 Å². The van der Waals surface area contributed by atoms with Crippen molar-refractivity contribution in [3.8, 4) is 11.4 Å². The molecule has 0 saturated carbocycles. The van der Waals surface area contributed by atoms with Crippen LogP contribution in [-0.2, 0) is 6.54 Å². The summed E-state index contributed by atoms with van der Waals surface area (Å²) in [6.45, 7) is 7.43. The maximum absolute atomic E-state index is 12.6. The van der Waals surface area contributed by atoms with Gasteiger partial charge in [0.05, 0.1) is 6.61 Å². The molecule has 1 aliphatic heterocycles. The summed E-state index contributed by atoms with van der Waals surface area (Å²) in [4.78, 5) is 20.9. The number of rotatable bonds is 6. The highest BCUT2D eigenvalue weighted by Crippen LogP contribution is 2.29. The summed E-state index contributed by atoms with van der Waals surface area (Å²) in [5, 5.41) is 8.44. The number of ether oxygens (including phenoxy) is 1. The Balaban J connectivity index is 1.37. The summed E-state index contributed by atoms with van der Waals surface area (Å²) in [7, 11) is 0. The van der Waals surface area contributed by atoms with Crippen molar-refractivity contribution in [2.45, 2.75) is 20.4 Å². The zero-order valence-corrected chi connectivity index (χ0v) is 20.1. The summed E-state index contributed by atoms with van der Waals surface area (Å²) in [5.74, 6) is 1.45. The first-order valence-electron chi connectivity index (χ1n) is 10.8. The number of nitrogens with zero attached hydrogens (tertiary/aromatic N) is 5. The van der Waals surface area contributed by atoms with Crippen LogP contribution in [0.4, 0.5) is 10.5 Å². The maximum atomic E-state index is 12.6. The fourth-order valence-corrected chi connectivity index (χ4v) is 4.36. The molecule has 0 aliphatic carbocycles. The SMILES string of the molecule is CCOc1cc(N2CCN(C(=O)NCc3cc(Cl)cc(Cl)c3)CC2)ccc1-n1cnc(C)n1. The summed E-state index contributed by atoms with van der Waals surface area (Å²) >= 11 is 12.1. The lowest BCUT2D eigenvalue weighted by Gasteiger charge is -2.36. The van der Waals surface area contributed by atoms with E-state index in [1.54, 1.807) is 29.2 Å². The highest BCUT2D eigenvalue weighted by Gasteiger charge is 2.22. The van der Waals surface area contributed by atoms with E-state index in [-0.39, 0.29) is 6.03 Å². The molecule has 2 heterocycles. The average Bonchev–Trinajstić information content (AvgIpc) is 3.23. The number of amides is 2. The van der Waals surface area contributed by atoms with Crippen LogP contribution in [0.1, 0.15) is 18.3 Å². The number of hydrogen-bond acceptors (Lipinski definition) is 5. The molecular weight excluding hydrogens is 463 g/mol. The average molecular weight is 489 g/mol. The predicted octanol–water partition coefficient (Wildman–Crippen LogP) is 4.31. The van der Waals surface area contributed by atoms with E-state index in [2.05, 4.69) is 20.3 Å².